The van der Waals surface area contributed by atoms with Crippen LogP contribution in [-0.4, -0.2) is 23.0 Å². The summed E-state index contributed by atoms with van der Waals surface area (Å²) in [6.45, 7) is 0. The molecule has 0 saturated carbocycles. The van der Waals surface area contributed by atoms with E-state index >= 15 is 0 Å². The molecule has 0 aliphatic rings. The molecule has 13 aromatic rings. The molecular weight excluding hydrogens is 891 g/mol. The van der Waals surface area contributed by atoms with Crippen molar-refractivity contribution in [3.63, 3.8) is 0 Å². The lowest BCUT2D eigenvalue weighted by molar-refractivity contribution is 0.669. The van der Waals surface area contributed by atoms with Gasteiger partial charge >= 0.3 is 0 Å². The summed E-state index contributed by atoms with van der Waals surface area (Å²) < 4.78 is 6.61. The quantitative estimate of drug-likeness (QED) is 0.101. The Morgan fingerprint density at radius 3 is 1.42 bits per heavy atom. The van der Waals surface area contributed by atoms with Crippen LogP contribution in [0, 0.1) is 0 Å². The van der Waals surface area contributed by atoms with Crippen molar-refractivity contribution < 1.29 is 4.42 Å². The Hall–Kier alpha value is -9.29. The van der Waals surface area contributed by atoms with Gasteiger partial charge in [0.05, 0.1) is 0 Å². The van der Waals surface area contributed by atoms with Crippen LogP contribution in [0.3, 0.4) is 0 Å². The molecule has 0 aliphatic carbocycles. The Morgan fingerprint density at radius 2 is 0.778 bits per heavy atom. The molecule has 13 rings (SSSR count). The first kappa shape index (κ1) is 42.8. The van der Waals surface area contributed by atoms with Crippen molar-refractivity contribution in [2.24, 2.45) is 0 Å². The molecule has 5 heteroatoms. The number of furan rings is 1. The van der Waals surface area contributed by atoms with E-state index in [9.17, 15) is 0 Å². The maximum atomic E-state index is 6.61. The molecule has 0 radical (unpaired) electrons. The molecule has 0 atom stereocenters. The number of nitrogens with zero attached hydrogens (tertiary/aromatic N) is 3. The SMILES string of the molecule is c1ccc(-c2cc(-c3cccc([Si](c4ccccc4)(c4ccccc4)c4ccccc4)c3)c(-c3ccccc3)c(-c3nc(-c4ccccc4)nc(-c4ccc5c(c4)oc4ccc6ccccc6c45)n3)c2)cc1. The first-order valence-electron chi connectivity index (χ1n) is 24.4. The normalized spacial score (nSPS) is 11.6. The minimum Gasteiger partial charge on any atom is -0.456 e. The lowest BCUT2D eigenvalue weighted by Gasteiger charge is -2.34. The van der Waals surface area contributed by atoms with Crippen molar-refractivity contribution in [2.75, 3.05) is 0 Å². The molecule has 2 heterocycles. The summed E-state index contributed by atoms with van der Waals surface area (Å²) in [4.78, 5) is 16.1. The molecule has 0 N–H and O–H groups in total. The van der Waals surface area contributed by atoms with E-state index in [-0.39, 0.29) is 0 Å². The largest absolute Gasteiger partial charge is 0.456 e. The van der Waals surface area contributed by atoms with Gasteiger partial charge in [-0.15, -0.1) is 0 Å². The maximum absolute atomic E-state index is 6.61. The van der Waals surface area contributed by atoms with Crippen LogP contribution in [0.5, 0.6) is 0 Å². The second-order valence-corrected chi connectivity index (χ2v) is 22.1. The summed E-state index contributed by atoms with van der Waals surface area (Å²) in [5.41, 5.74) is 10.7. The van der Waals surface area contributed by atoms with Gasteiger partial charge in [-0.05, 0) is 89.7 Å². The monoisotopic (exact) mass is 935 g/mol. The predicted octanol–water partition coefficient (Wildman–Crippen LogP) is 14.3. The van der Waals surface area contributed by atoms with Crippen molar-refractivity contribution >= 4 is 61.5 Å². The first-order chi connectivity index (χ1) is 35.7. The minimum absolute atomic E-state index is 0.558. The Bertz CT molecular complexity index is 3970. The lowest BCUT2D eigenvalue weighted by atomic mass is 9.86. The first-order valence-corrected chi connectivity index (χ1v) is 26.4. The van der Waals surface area contributed by atoms with E-state index < -0.39 is 8.07 Å². The molecule has 0 saturated heterocycles. The summed E-state index contributed by atoms with van der Waals surface area (Å²) in [5.74, 6) is 1.72. The summed E-state index contributed by atoms with van der Waals surface area (Å²) in [7, 11) is -2.89. The fourth-order valence-corrected chi connectivity index (χ4v) is 15.6. The second kappa shape index (κ2) is 18.2. The van der Waals surface area contributed by atoms with Crippen LogP contribution in [-0.2, 0) is 0 Å². The molecule has 0 fully saturated rings. The van der Waals surface area contributed by atoms with Crippen molar-refractivity contribution in [1.29, 1.82) is 0 Å². The topological polar surface area (TPSA) is 51.8 Å². The van der Waals surface area contributed by atoms with Crippen molar-refractivity contribution in [1.82, 2.24) is 15.0 Å². The Balaban J connectivity index is 1.08. The van der Waals surface area contributed by atoms with E-state index in [0.717, 1.165) is 77.4 Å². The van der Waals surface area contributed by atoms with Crippen LogP contribution in [0.15, 0.2) is 277 Å². The molecule has 0 bridgehead atoms. The van der Waals surface area contributed by atoms with Crippen LogP contribution in [0.4, 0.5) is 0 Å². The van der Waals surface area contributed by atoms with Crippen molar-refractivity contribution in [2.45, 2.75) is 0 Å². The average Bonchev–Trinajstić information content (AvgIpc) is 3.85. The number of rotatable bonds is 10. The van der Waals surface area contributed by atoms with E-state index in [1.54, 1.807) is 0 Å². The molecular formula is C67H45N3OSi. The zero-order valence-electron chi connectivity index (χ0n) is 39.2. The van der Waals surface area contributed by atoms with Gasteiger partial charge in [0.2, 0.25) is 0 Å². The Labute approximate surface area is 419 Å². The lowest BCUT2D eigenvalue weighted by Crippen LogP contribution is -2.74. The third-order valence-corrected chi connectivity index (χ3v) is 18.8. The van der Waals surface area contributed by atoms with Gasteiger partial charge in [0.15, 0.2) is 25.5 Å². The van der Waals surface area contributed by atoms with Crippen molar-refractivity contribution in [3.05, 3.63) is 273 Å². The van der Waals surface area contributed by atoms with Gasteiger partial charge in [-0.25, -0.2) is 15.0 Å². The number of benzene rings is 11. The predicted molar refractivity (Wildman–Crippen MR) is 301 cm³/mol. The Kier molecular flexibility index (Phi) is 10.8. The highest BCUT2D eigenvalue weighted by Gasteiger charge is 2.41. The van der Waals surface area contributed by atoms with E-state index in [1.165, 1.54) is 26.1 Å². The fourth-order valence-electron chi connectivity index (χ4n) is 10.8. The molecule has 0 amide bonds. The van der Waals surface area contributed by atoms with Crippen LogP contribution in [0.25, 0.3) is 100 Å². The molecule has 72 heavy (non-hydrogen) atoms. The van der Waals surface area contributed by atoms with Gasteiger partial charge in [-0.2, -0.15) is 0 Å². The molecule has 0 aliphatic heterocycles. The van der Waals surface area contributed by atoms with Crippen LogP contribution in [0.1, 0.15) is 0 Å². The summed E-state index contributed by atoms with van der Waals surface area (Å²) in [6, 6.07) is 97.8. The van der Waals surface area contributed by atoms with Crippen LogP contribution < -0.4 is 20.7 Å². The summed E-state index contributed by atoms with van der Waals surface area (Å²) in [6.07, 6.45) is 0. The van der Waals surface area contributed by atoms with E-state index in [0.29, 0.717) is 17.5 Å². The number of hydrogen-bond donors (Lipinski definition) is 0. The van der Waals surface area contributed by atoms with Crippen molar-refractivity contribution in [3.8, 4) is 67.5 Å². The van der Waals surface area contributed by atoms with Crippen LogP contribution >= 0.6 is 0 Å². The number of hydrogen-bond acceptors (Lipinski definition) is 4. The van der Waals surface area contributed by atoms with Gasteiger partial charge < -0.3 is 4.42 Å². The fraction of sp³-hybridized carbons (Fsp3) is 0. The molecule has 2 aromatic heterocycles. The van der Waals surface area contributed by atoms with E-state index in [4.69, 9.17) is 19.4 Å². The third-order valence-electron chi connectivity index (χ3n) is 14.1. The van der Waals surface area contributed by atoms with Gasteiger partial charge in [-0.1, -0.05) is 243 Å². The summed E-state index contributed by atoms with van der Waals surface area (Å²) in [5, 5.41) is 9.75. The smallest absolute Gasteiger partial charge is 0.179 e. The summed E-state index contributed by atoms with van der Waals surface area (Å²) >= 11 is 0. The highest BCUT2D eigenvalue weighted by atomic mass is 28.3. The van der Waals surface area contributed by atoms with E-state index in [1.807, 2.05) is 18.2 Å². The minimum atomic E-state index is -2.89. The maximum Gasteiger partial charge on any atom is 0.179 e. The van der Waals surface area contributed by atoms with Gasteiger partial charge in [0.1, 0.15) is 11.2 Å². The molecule has 338 valence electrons. The van der Waals surface area contributed by atoms with Gasteiger partial charge in [0, 0.05) is 33.0 Å². The molecule has 0 unspecified atom stereocenters. The highest BCUT2D eigenvalue weighted by Crippen LogP contribution is 2.44. The van der Waals surface area contributed by atoms with E-state index in [2.05, 4.69) is 255 Å². The molecule has 4 nitrogen and oxygen atoms in total. The van der Waals surface area contributed by atoms with Gasteiger partial charge in [0.25, 0.3) is 0 Å². The van der Waals surface area contributed by atoms with Gasteiger partial charge in [-0.3, -0.25) is 0 Å². The second-order valence-electron chi connectivity index (χ2n) is 18.3. The Morgan fingerprint density at radius 1 is 0.278 bits per heavy atom. The zero-order chi connectivity index (χ0) is 47.8. The number of fused-ring (bicyclic) bond motifs is 5. The highest BCUT2D eigenvalue weighted by molar-refractivity contribution is 7.19. The zero-order valence-corrected chi connectivity index (χ0v) is 40.2. The average molecular weight is 936 g/mol. The molecule has 11 aromatic carbocycles. The number of aromatic nitrogens is 3. The van der Waals surface area contributed by atoms with Crippen LogP contribution in [0.2, 0.25) is 0 Å². The molecule has 0 spiro atoms. The third kappa shape index (κ3) is 7.51. The standard InChI is InChI=1S/C67H45N3OSi/c1-7-22-46(23-8-1)52-43-59(50-29-21-36-56(42-50)72(53-30-13-4-14-31-53,54-32-15-5-16-33-54)55-34-17-6-18-35-55)63(48-25-9-2-10-26-48)60(44-52)67-69-65(49-27-11-3-12-28-49)68-66(70-67)51-38-40-58-62(45-51)71-61-41-39-47-24-19-20-37-57(47)64(58)61/h1-45H.